The Balaban J connectivity index is 1.18. The molecule has 4 N–H and O–H groups in total. The summed E-state index contributed by atoms with van der Waals surface area (Å²) in [5.74, 6) is 0.0606. The van der Waals surface area contributed by atoms with Crippen molar-refractivity contribution in [2.75, 3.05) is 17.2 Å². The van der Waals surface area contributed by atoms with Crippen LogP contribution < -0.4 is 16.0 Å². The van der Waals surface area contributed by atoms with Crippen molar-refractivity contribution in [2.24, 2.45) is 0 Å². The Labute approximate surface area is 301 Å². The number of hydrogen-bond donors (Lipinski definition) is 4. The molecule has 0 saturated carbocycles. The van der Waals surface area contributed by atoms with Crippen LogP contribution in [-0.2, 0) is 5.41 Å². The van der Waals surface area contributed by atoms with Gasteiger partial charge in [0.2, 0.25) is 0 Å². The van der Waals surface area contributed by atoms with E-state index in [1.165, 1.54) is 77.0 Å². The second kappa shape index (κ2) is 19.0. The summed E-state index contributed by atoms with van der Waals surface area (Å²) < 4.78 is 1.57. The Morgan fingerprint density at radius 2 is 1.41 bits per heavy atom. The first-order chi connectivity index (χ1) is 23.6. The van der Waals surface area contributed by atoms with Gasteiger partial charge in [0.05, 0.1) is 22.0 Å². The minimum atomic E-state index is -0.406. The molecule has 11 heteroatoms. The van der Waals surface area contributed by atoms with Crippen molar-refractivity contribution in [3.63, 3.8) is 0 Å². The highest BCUT2D eigenvalue weighted by atomic mass is 35.5. The van der Waals surface area contributed by atoms with Crippen LogP contribution in [0.3, 0.4) is 0 Å². The molecule has 0 aliphatic carbocycles. The number of aromatic nitrogens is 4. The average molecular weight is 711 g/mol. The number of nitrogens with one attached hydrogen (secondary N) is 4. The fourth-order valence-corrected chi connectivity index (χ4v) is 6.55. The molecule has 0 aliphatic heterocycles. The number of anilines is 2. The number of halogens is 2. The van der Waals surface area contributed by atoms with Crippen molar-refractivity contribution in [3.8, 4) is 11.4 Å². The van der Waals surface area contributed by atoms with Gasteiger partial charge in [-0.15, -0.1) is 5.10 Å². The van der Waals surface area contributed by atoms with Gasteiger partial charge < -0.3 is 16.0 Å². The topological polar surface area (TPSA) is 116 Å². The molecule has 0 fully saturated rings. The fourth-order valence-electron chi connectivity index (χ4n) is 5.84. The van der Waals surface area contributed by atoms with Crippen LogP contribution in [0.1, 0.15) is 134 Å². The number of benzene rings is 2. The maximum atomic E-state index is 13.2. The lowest BCUT2D eigenvalue weighted by molar-refractivity contribution is 0.102. The first-order valence-corrected chi connectivity index (χ1v) is 18.7. The summed E-state index contributed by atoms with van der Waals surface area (Å²) in [7, 11) is 0. The molecule has 3 amide bonds. The zero-order chi connectivity index (χ0) is 35.2. The van der Waals surface area contributed by atoms with Crippen molar-refractivity contribution < 1.29 is 9.59 Å². The molecule has 4 aromatic rings. The summed E-state index contributed by atoms with van der Waals surface area (Å²) in [6, 6.07) is 11.9. The lowest BCUT2D eigenvalue weighted by Crippen LogP contribution is -2.29. The molecule has 4 rings (SSSR count). The van der Waals surface area contributed by atoms with E-state index in [0.29, 0.717) is 40.0 Å². The van der Waals surface area contributed by atoms with E-state index in [-0.39, 0.29) is 22.0 Å². The van der Waals surface area contributed by atoms with Gasteiger partial charge >= 0.3 is 6.03 Å². The van der Waals surface area contributed by atoms with E-state index in [4.69, 9.17) is 23.2 Å². The number of nitrogens with zero attached hydrogens (tertiary/aromatic N) is 3. The molecular formula is C38H53Cl2N7O2. The van der Waals surface area contributed by atoms with Gasteiger partial charge in [0.25, 0.3) is 5.91 Å². The van der Waals surface area contributed by atoms with Crippen LogP contribution in [0, 0.1) is 0 Å². The van der Waals surface area contributed by atoms with E-state index in [1.807, 2.05) is 12.1 Å². The van der Waals surface area contributed by atoms with Gasteiger partial charge in [-0.3, -0.25) is 9.89 Å². The molecule has 2 heterocycles. The van der Waals surface area contributed by atoms with Crippen molar-refractivity contribution >= 4 is 52.2 Å². The molecule has 0 atom stereocenters. The highest BCUT2D eigenvalue weighted by Crippen LogP contribution is 2.32. The Morgan fingerprint density at radius 1 is 0.796 bits per heavy atom. The molecule has 0 spiro atoms. The lowest BCUT2D eigenvalue weighted by Gasteiger charge is -2.16. The summed E-state index contributed by atoms with van der Waals surface area (Å²) in [4.78, 5) is 30.4. The van der Waals surface area contributed by atoms with Crippen LogP contribution in [0.5, 0.6) is 0 Å². The number of unbranched alkanes of at least 4 members (excludes halogenated alkanes) is 13. The standard InChI is InChI=1S/C38H53Cl2N7O2/c1-5-6-7-8-9-10-11-12-13-14-15-16-17-18-25-41-37(49)43-30-24-20-23-29(31(30)39)36(48)42-28-22-19-21-27(26-28)34-44-35-32(40)33(38(2,3)4)45-47(35)46-34/h19-24,26,45H,5-18,25H2,1-4H3,(H,42,48)(H2,41,43,49). The molecular weight excluding hydrogens is 657 g/mol. The predicted molar refractivity (Wildman–Crippen MR) is 203 cm³/mol. The number of carbonyl (C=O) groups is 2. The van der Waals surface area contributed by atoms with Crippen LogP contribution in [0.15, 0.2) is 42.5 Å². The predicted octanol–water partition coefficient (Wildman–Crippen LogP) is 11.2. The highest BCUT2D eigenvalue weighted by Gasteiger charge is 2.24. The minimum Gasteiger partial charge on any atom is -0.338 e. The largest absolute Gasteiger partial charge is 0.338 e. The third kappa shape index (κ3) is 11.5. The average Bonchev–Trinajstić information content (AvgIpc) is 3.63. The van der Waals surface area contributed by atoms with Crippen molar-refractivity contribution in [1.29, 1.82) is 0 Å². The van der Waals surface area contributed by atoms with Gasteiger partial charge in [-0.25, -0.2) is 9.78 Å². The van der Waals surface area contributed by atoms with E-state index in [2.05, 4.69) is 58.8 Å². The number of carbonyl (C=O) groups excluding carboxylic acids is 2. The van der Waals surface area contributed by atoms with E-state index in [9.17, 15) is 9.59 Å². The van der Waals surface area contributed by atoms with Crippen LogP contribution in [0.4, 0.5) is 16.2 Å². The summed E-state index contributed by atoms with van der Waals surface area (Å²) in [5, 5.41) is 17.0. The lowest BCUT2D eigenvalue weighted by atomic mass is 9.92. The van der Waals surface area contributed by atoms with Crippen LogP contribution in [0.25, 0.3) is 17.0 Å². The summed E-state index contributed by atoms with van der Waals surface area (Å²) in [6.45, 7) is 9.03. The molecule has 9 nitrogen and oxygen atoms in total. The monoisotopic (exact) mass is 709 g/mol. The van der Waals surface area contributed by atoms with Crippen LogP contribution in [-0.4, -0.2) is 38.3 Å². The van der Waals surface area contributed by atoms with Gasteiger partial charge in [0.1, 0.15) is 5.02 Å². The fraction of sp³-hybridized carbons (Fsp3) is 0.526. The van der Waals surface area contributed by atoms with Gasteiger partial charge in [0, 0.05) is 23.2 Å². The van der Waals surface area contributed by atoms with Gasteiger partial charge in [-0.1, -0.05) is 153 Å². The third-order valence-electron chi connectivity index (χ3n) is 8.68. The van der Waals surface area contributed by atoms with Crippen LogP contribution >= 0.6 is 23.2 Å². The highest BCUT2D eigenvalue weighted by molar-refractivity contribution is 6.37. The van der Waals surface area contributed by atoms with E-state index < -0.39 is 5.91 Å². The van der Waals surface area contributed by atoms with E-state index >= 15 is 0 Å². The number of rotatable bonds is 19. The molecule has 0 radical (unpaired) electrons. The van der Waals surface area contributed by atoms with Crippen molar-refractivity contribution in [1.82, 2.24) is 25.1 Å². The maximum absolute atomic E-state index is 13.2. The van der Waals surface area contributed by atoms with Crippen molar-refractivity contribution in [2.45, 2.75) is 123 Å². The maximum Gasteiger partial charge on any atom is 0.319 e. The number of H-pyrrole nitrogens is 1. The van der Waals surface area contributed by atoms with E-state index in [1.54, 1.807) is 35.0 Å². The summed E-state index contributed by atoms with van der Waals surface area (Å²) in [5.41, 5.74) is 3.07. The number of amides is 3. The Bertz CT molecular complexity index is 1660. The molecule has 0 saturated heterocycles. The molecule has 49 heavy (non-hydrogen) atoms. The normalized spacial score (nSPS) is 11.6. The smallest absolute Gasteiger partial charge is 0.319 e. The number of fused-ring (bicyclic) bond motifs is 1. The second-order valence-corrected chi connectivity index (χ2v) is 14.7. The molecule has 2 aromatic carbocycles. The summed E-state index contributed by atoms with van der Waals surface area (Å²) >= 11 is 13.2. The molecule has 0 unspecified atom stereocenters. The Morgan fingerprint density at radius 3 is 2.02 bits per heavy atom. The first-order valence-electron chi connectivity index (χ1n) is 18.0. The zero-order valence-electron chi connectivity index (χ0n) is 29.6. The number of aromatic amines is 1. The Hall–Kier alpha value is -3.56. The van der Waals surface area contributed by atoms with E-state index in [0.717, 1.165) is 18.5 Å². The minimum absolute atomic E-state index is 0.164. The molecule has 266 valence electrons. The van der Waals surface area contributed by atoms with Crippen molar-refractivity contribution in [3.05, 3.63) is 63.8 Å². The van der Waals surface area contributed by atoms with Gasteiger partial charge in [-0.2, -0.15) is 4.63 Å². The zero-order valence-corrected chi connectivity index (χ0v) is 31.1. The van der Waals surface area contributed by atoms with Gasteiger partial charge in [0.15, 0.2) is 11.5 Å². The third-order valence-corrected chi connectivity index (χ3v) is 9.44. The van der Waals surface area contributed by atoms with Crippen LogP contribution in [0.2, 0.25) is 10.0 Å². The Kier molecular flexibility index (Phi) is 14.8. The molecule has 2 aromatic heterocycles. The quantitative estimate of drug-likeness (QED) is 0.0725. The summed E-state index contributed by atoms with van der Waals surface area (Å²) in [6.07, 6.45) is 18.1. The number of urea groups is 1. The second-order valence-electron chi connectivity index (χ2n) is 13.9. The first kappa shape index (κ1) is 38.2. The molecule has 0 aliphatic rings. The number of hydrogen-bond acceptors (Lipinski definition) is 4. The SMILES string of the molecule is CCCCCCCCCCCCCCCCNC(=O)Nc1cccc(C(=O)Nc2cccc(-c3nc4c(Cl)c(C(C)(C)C)[nH]n4n3)c2)c1Cl. The molecule has 0 bridgehead atoms. The van der Waals surface area contributed by atoms with Gasteiger partial charge in [-0.05, 0) is 30.7 Å².